The third kappa shape index (κ3) is 0.562. The smallest absolute Gasteiger partial charge is 0.172 e. The fourth-order valence-electron chi connectivity index (χ4n) is 0.474. The highest BCUT2D eigenvalue weighted by Crippen LogP contribution is 1.90. The van der Waals surface area contributed by atoms with Crippen LogP contribution in [0.5, 0.6) is 0 Å². The minimum atomic E-state index is 0.868. The zero-order chi connectivity index (χ0) is 5.98. The van der Waals surface area contributed by atoms with Crippen LogP contribution in [0, 0.1) is 18.4 Å². The number of rotatable bonds is 0. The van der Waals surface area contributed by atoms with E-state index in [1.165, 1.54) is 4.68 Å². The molecule has 8 heavy (non-hydrogen) atoms. The van der Waals surface area contributed by atoms with Crippen molar-refractivity contribution in [1.29, 1.82) is 5.26 Å². The molecule has 0 spiro atoms. The lowest BCUT2D eigenvalue weighted by molar-refractivity contribution is 0.863. The van der Waals surface area contributed by atoms with E-state index in [0.717, 1.165) is 5.69 Å². The Labute approximate surface area is 47.2 Å². The summed E-state index contributed by atoms with van der Waals surface area (Å²) < 4.78 is 1.26. The van der Waals surface area contributed by atoms with Crippen LogP contribution in [-0.2, 0) is 0 Å². The highest BCUT2D eigenvalue weighted by Gasteiger charge is 1.89. The van der Waals surface area contributed by atoms with Gasteiger partial charge in [-0.3, -0.25) is 0 Å². The van der Waals surface area contributed by atoms with Crippen LogP contribution in [0.25, 0.3) is 0 Å². The monoisotopic (exact) mass is 107 g/mol. The maximum absolute atomic E-state index is 8.26. The van der Waals surface area contributed by atoms with E-state index in [1.807, 2.05) is 13.1 Å². The first kappa shape index (κ1) is 4.85. The minimum Gasteiger partial charge on any atom is -0.172 e. The predicted molar refractivity (Wildman–Crippen MR) is 28.0 cm³/mol. The molecule has 0 aliphatic carbocycles. The van der Waals surface area contributed by atoms with Crippen molar-refractivity contribution in [2.24, 2.45) is 0 Å². The van der Waals surface area contributed by atoms with E-state index in [0.29, 0.717) is 0 Å². The molecule has 1 rings (SSSR count). The fraction of sp³-hybridized carbons (Fsp3) is 0.200. The molecule has 3 heteroatoms. The third-order valence-corrected chi connectivity index (χ3v) is 0.927. The van der Waals surface area contributed by atoms with Gasteiger partial charge >= 0.3 is 0 Å². The zero-order valence-electron chi connectivity index (χ0n) is 4.50. The van der Waals surface area contributed by atoms with Crippen molar-refractivity contribution < 1.29 is 0 Å². The predicted octanol–water partition coefficient (Wildman–Crippen LogP) is 0.521. The molecule has 0 aromatic carbocycles. The number of aromatic nitrogens is 2. The molecule has 0 fully saturated rings. The molecule has 0 saturated heterocycles. The van der Waals surface area contributed by atoms with Gasteiger partial charge in [-0.15, -0.1) is 0 Å². The Balaban J connectivity index is 3.15. The van der Waals surface area contributed by atoms with Crippen LogP contribution in [0.1, 0.15) is 5.69 Å². The Hall–Kier alpha value is -1.30. The van der Waals surface area contributed by atoms with Gasteiger partial charge in [-0.1, -0.05) is 0 Å². The maximum Gasteiger partial charge on any atom is 0.206 e. The van der Waals surface area contributed by atoms with Crippen LogP contribution in [0.2, 0.25) is 0 Å². The molecule has 1 aromatic rings. The molecule has 3 nitrogen and oxygen atoms in total. The lowest BCUT2D eigenvalue weighted by Gasteiger charge is -1.82. The summed E-state index contributed by atoms with van der Waals surface area (Å²) in [6, 6.07) is 1.78. The molecular weight excluding hydrogens is 102 g/mol. The van der Waals surface area contributed by atoms with Gasteiger partial charge < -0.3 is 0 Å². The Kier molecular flexibility index (Phi) is 1.01. The lowest BCUT2D eigenvalue weighted by atomic mass is 10.5. The molecule has 0 aliphatic rings. The molecule has 0 N–H and O–H groups in total. The molecule has 1 aromatic heterocycles. The van der Waals surface area contributed by atoms with Crippen LogP contribution >= 0.6 is 0 Å². The van der Waals surface area contributed by atoms with Gasteiger partial charge in [0.25, 0.3) is 0 Å². The number of nitriles is 1. The van der Waals surface area contributed by atoms with E-state index >= 15 is 0 Å². The summed E-state index contributed by atoms with van der Waals surface area (Å²) in [5, 5.41) is 11.9. The second kappa shape index (κ2) is 1.66. The van der Waals surface area contributed by atoms with Crippen LogP contribution in [0.15, 0.2) is 12.3 Å². The Bertz CT molecular complexity index is 218. The first-order valence-electron chi connectivity index (χ1n) is 2.25. The fourth-order valence-corrected chi connectivity index (χ4v) is 0.474. The Morgan fingerprint density at radius 2 is 2.62 bits per heavy atom. The average molecular weight is 107 g/mol. The Morgan fingerprint density at radius 1 is 1.88 bits per heavy atom. The molecule has 0 radical (unpaired) electrons. The van der Waals surface area contributed by atoms with E-state index < -0.39 is 0 Å². The van der Waals surface area contributed by atoms with Crippen molar-refractivity contribution in [2.45, 2.75) is 6.92 Å². The van der Waals surface area contributed by atoms with Gasteiger partial charge in [0.05, 0.1) is 11.9 Å². The quantitative estimate of drug-likeness (QED) is 0.485. The van der Waals surface area contributed by atoms with E-state index in [4.69, 9.17) is 5.26 Å². The summed E-state index contributed by atoms with van der Waals surface area (Å²) >= 11 is 0. The molecule has 40 valence electrons. The lowest BCUT2D eigenvalue weighted by Crippen LogP contribution is -1.90. The van der Waals surface area contributed by atoms with Crippen molar-refractivity contribution >= 4 is 0 Å². The van der Waals surface area contributed by atoms with Crippen LogP contribution < -0.4 is 0 Å². The van der Waals surface area contributed by atoms with Crippen molar-refractivity contribution in [1.82, 2.24) is 9.78 Å². The van der Waals surface area contributed by atoms with Crippen molar-refractivity contribution in [3.8, 4) is 6.19 Å². The van der Waals surface area contributed by atoms with Crippen LogP contribution in [-0.4, -0.2) is 9.78 Å². The molecular formula is C5H5N3. The summed E-state index contributed by atoms with van der Waals surface area (Å²) in [4.78, 5) is 0. The highest BCUT2D eigenvalue weighted by atomic mass is 15.3. The third-order valence-electron chi connectivity index (χ3n) is 0.927. The van der Waals surface area contributed by atoms with Crippen LogP contribution in [0.4, 0.5) is 0 Å². The number of nitrogens with zero attached hydrogens (tertiary/aromatic N) is 3. The van der Waals surface area contributed by atoms with Gasteiger partial charge in [-0.25, -0.2) is 0 Å². The maximum atomic E-state index is 8.26. The van der Waals surface area contributed by atoms with E-state index in [1.54, 1.807) is 12.3 Å². The first-order valence-corrected chi connectivity index (χ1v) is 2.25. The summed E-state index contributed by atoms with van der Waals surface area (Å²) in [5.41, 5.74) is 0.868. The zero-order valence-corrected chi connectivity index (χ0v) is 4.50. The van der Waals surface area contributed by atoms with Gasteiger partial charge in [0.1, 0.15) is 0 Å². The summed E-state index contributed by atoms with van der Waals surface area (Å²) in [6.07, 6.45) is 3.48. The molecule has 0 amide bonds. The average Bonchev–Trinajstić information content (AvgIpc) is 2.14. The molecule has 0 atom stereocenters. The summed E-state index contributed by atoms with van der Waals surface area (Å²) in [7, 11) is 0. The highest BCUT2D eigenvalue weighted by molar-refractivity contribution is 5.01. The van der Waals surface area contributed by atoms with Gasteiger partial charge in [0, 0.05) is 0 Å². The van der Waals surface area contributed by atoms with E-state index in [9.17, 15) is 0 Å². The normalized spacial score (nSPS) is 8.50. The number of aryl methyl sites for hydroxylation is 1. The Morgan fingerprint density at radius 3 is 2.88 bits per heavy atom. The van der Waals surface area contributed by atoms with Crippen molar-refractivity contribution in [2.75, 3.05) is 0 Å². The topological polar surface area (TPSA) is 41.6 Å². The van der Waals surface area contributed by atoms with E-state index in [-0.39, 0.29) is 0 Å². The summed E-state index contributed by atoms with van der Waals surface area (Å²) in [6.45, 7) is 1.83. The van der Waals surface area contributed by atoms with E-state index in [2.05, 4.69) is 5.10 Å². The second-order valence-corrected chi connectivity index (χ2v) is 1.48. The largest absolute Gasteiger partial charge is 0.206 e. The number of hydrogen-bond acceptors (Lipinski definition) is 2. The second-order valence-electron chi connectivity index (χ2n) is 1.48. The van der Waals surface area contributed by atoms with Crippen molar-refractivity contribution in [3.05, 3.63) is 18.0 Å². The molecule has 0 saturated carbocycles. The summed E-state index contributed by atoms with van der Waals surface area (Å²) in [5.74, 6) is 0. The standard InChI is InChI=1S/C5H5N3/c1-5-2-3-7-8(5)4-6/h2-3H,1H3. The van der Waals surface area contributed by atoms with Crippen molar-refractivity contribution in [3.63, 3.8) is 0 Å². The first-order chi connectivity index (χ1) is 3.84. The van der Waals surface area contributed by atoms with Gasteiger partial charge in [0.2, 0.25) is 6.19 Å². The van der Waals surface area contributed by atoms with Gasteiger partial charge in [0.15, 0.2) is 0 Å². The SMILES string of the molecule is Cc1ccnn1C#N. The number of hydrogen-bond donors (Lipinski definition) is 0. The minimum absolute atomic E-state index is 0.868. The van der Waals surface area contributed by atoms with Gasteiger partial charge in [-0.05, 0) is 13.0 Å². The molecule has 1 heterocycles. The van der Waals surface area contributed by atoms with Gasteiger partial charge in [-0.2, -0.15) is 15.0 Å². The molecule has 0 bridgehead atoms. The molecule has 0 unspecified atom stereocenters. The van der Waals surface area contributed by atoms with Crippen LogP contribution in [0.3, 0.4) is 0 Å². The molecule has 0 aliphatic heterocycles.